The Bertz CT molecular complexity index is 368. The van der Waals surface area contributed by atoms with Gasteiger partial charge in [0.2, 0.25) is 0 Å². The van der Waals surface area contributed by atoms with Crippen molar-refractivity contribution in [3.63, 3.8) is 0 Å². The highest BCUT2D eigenvalue weighted by atomic mass is 17.3. The van der Waals surface area contributed by atoms with E-state index in [1.165, 1.54) is 28.4 Å². The molecular weight excluding hydrogens is 328 g/mol. The van der Waals surface area contributed by atoms with Crippen molar-refractivity contribution < 1.29 is 33.5 Å². The summed E-state index contributed by atoms with van der Waals surface area (Å²) in [7, 11) is 5.75. The van der Waals surface area contributed by atoms with Gasteiger partial charge in [-0.3, -0.25) is 4.89 Å². The number of hydrogen-bond donors (Lipinski definition) is 0. The van der Waals surface area contributed by atoms with Crippen LogP contribution in [0.5, 0.6) is 0 Å². The van der Waals surface area contributed by atoms with Crippen LogP contribution in [0.2, 0.25) is 0 Å². The molecule has 150 valence electrons. The number of rotatable bonds is 13. The lowest BCUT2D eigenvalue weighted by Crippen LogP contribution is -2.47. The van der Waals surface area contributed by atoms with Gasteiger partial charge >= 0.3 is 11.9 Å². The molecule has 0 fully saturated rings. The van der Waals surface area contributed by atoms with Crippen molar-refractivity contribution in [1.29, 1.82) is 0 Å². The molecule has 0 saturated heterocycles. The van der Waals surface area contributed by atoms with Crippen LogP contribution in [0.3, 0.4) is 0 Å². The molecule has 0 spiro atoms. The van der Waals surface area contributed by atoms with Gasteiger partial charge in [-0.1, -0.05) is 33.6 Å². The van der Waals surface area contributed by atoms with Crippen molar-refractivity contribution >= 4 is 5.97 Å². The highest BCUT2D eigenvalue weighted by Gasteiger charge is 2.43. The first-order valence-electron chi connectivity index (χ1n) is 8.64. The van der Waals surface area contributed by atoms with Crippen molar-refractivity contribution in [3.8, 4) is 0 Å². The van der Waals surface area contributed by atoms with Crippen LogP contribution >= 0.6 is 0 Å². The Balaban J connectivity index is 4.35. The maximum absolute atomic E-state index is 11.9. The number of hydrogen-bond acceptors (Lipinski definition) is 7. The molecule has 0 unspecified atom stereocenters. The zero-order valence-electron chi connectivity index (χ0n) is 17.1. The highest BCUT2D eigenvalue weighted by molar-refractivity contribution is 5.68. The van der Waals surface area contributed by atoms with Crippen LogP contribution in [-0.4, -0.2) is 46.2 Å². The van der Waals surface area contributed by atoms with Gasteiger partial charge in [-0.05, 0) is 25.2 Å². The van der Waals surface area contributed by atoms with E-state index < -0.39 is 17.7 Å². The van der Waals surface area contributed by atoms with Crippen molar-refractivity contribution in [3.05, 3.63) is 0 Å². The topological polar surface area (TPSA) is 72.5 Å². The molecule has 0 N–H and O–H groups in total. The van der Waals surface area contributed by atoms with Gasteiger partial charge in [0.25, 0.3) is 0 Å². The minimum absolute atomic E-state index is 0.0405. The second-order valence-electron chi connectivity index (χ2n) is 7.47. The molecule has 0 aromatic carbocycles. The molecule has 0 aromatic heterocycles. The Hall–Kier alpha value is -0.730. The molecule has 7 nitrogen and oxygen atoms in total. The average molecular weight is 364 g/mol. The van der Waals surface area contributed by atoms with Crippen LogP contribution < -0.4 is 0 Å². The fraction of sp³-hybridized carbons (Fsp3) is 0.944. The van der Waals surface area contributed by atoms with Crippen LogP contribution in [0, 0.1) is 5.41 Å². The predicted molar refractivity (Wildman–Crippen MR) is 93.5 cm³/mol. The zero-order chi connectivity index (χ0) is 19.6. The number of carbonyl (C=O) groups is 1. The third-order valence-electron chi connectivity index (χ3n) is 4.09. The lowest BCUT2D eigenvalue weighted by atomic mass is 9.89. The summed E-state index contributed by atoms with van der Waals surface area (Å²) in [5, 5.41) is 0. The third-order valence-corrected chi connectivity index (χ3v) is 4.09. The molecule has 0 atom stereocenters. The summed E-state index contributed by atoms with van der Waals surface area (Å²) in [4.78, 5) is 21.9. The molecular formula is C18H36O7. The number of ether oxygens (including phenoxy) is 4. The summed E-state index contributed by atoms with van der Waals surface area (Å²) in [6.07, 6.45) is 4.24. The Morgan fingerprint density at radius 3 is 1.80 bits per heavy atom. The number of methoxy groups -OCH3 is 4. The van der Waals surface area contributed by atoms with E-state index in [0.717, 1.165) is 25.7 Å². The van der Waals surface area contributed by atoms with Gasteiger partial charge < -0.3 is 18.9 Å². The van der Waals surface area contributed by atoms with Crippen LogP contribution in [0.4, 0.5) is 0 Å². The van der Waals surface area contributed by atoms with Crippen molar-refractivity contribution in [2.24, 2.45) is 5.41 Å². The minimum Gasteiger partial charge on any atom is -0.353 e. The van der Waals surface area contributed by atoms with E-state index in [1.807, 2.05) is 0 Å². The summed E-state index contributed by atoms with van der Waals surface area (Å²) in [6.45, 7) is 8.31. The van der Waals surface area contributed by atoms with Gasteiger partial charge in [0.15, 0.2) is 5.79 Å². The van der Waals surface area contributed by atoms with Crippen LogP contribution in [-0.2, 0) is 33.5 Å². The molecule has 0 saturated carbocycles. The number of carbonyl (C=O) groups excluding carboxylic acids is 1. The first-order valence-corrected chi connectivity index (χ1v) is 8.64. The first-order chi connectivity index (χ1) is 11.6. The lowest BCUT2D eigenvalue weighted by Gasteiger charge is -2.35. The molecule has 25 heavy (non-hydrogen) atoms. The Labute approximate surface area is 152 Å². The van der Waals surface area contributed by atoms with Crippen LogP contribution in [0.25, 0.3) is 0 Å². The molecule has 7 heteroatoms. The molecule has 0 rings (SSSR count). The fourth-order valence-corrected chi connectivity index (χ4v) is 2.20. The molecule has 0 heterocycles. The van der Waals surface area contributed by atoms with Gasteiger partial charge in [0.1, 0.15) is 0 Å². The molecule has 0 aliphatic heterocycles. The van der Waals surface area contributed by atoms with E-state index in [2.05, 4.69) is 20.8 Å². The van der Waals surface area contributed by atoms with E-state index in [0.29, 0.717) is 5.41 Å². The smallest absolute Gasteiger partial charge is 0.342 e. The van der Waals surface area contributed by atoms with Crippen molar-refractivity contribution in [1.82, 2.24) is 0 Å². The lowest BCUT2D eigenvalue weighted by molar-refractivity contribution is -0.493. The normalized spacial score (nSPS) is 13.1. The molecule has 0 radical (unpaired) electrons. The van der Waals surface area contributed by atoms with Gasteiger partial charge in [0, 0.05) is 34.9 Å². The fourth-order valence-electron chi connectivity index (χ4n) is 2.20. The monoisotopic (exact) mass is 364 g/mol. The summed E-state index contributed by atoms with van der Waals surface area (Å²) < 4.78 is 21.0. The molecule has 0 aliphatic carbocycles. The zero-order valence-corrected chi connectivity index (χ0v) is 17.1. The molecule has 0 bridgehead atoms. The third kappa shape index (κ3) is 10.1. The van der Waals surface area contributed by atoms with Gasteiger partial charge in [-0.15, -0.1) is 4.89 Å². The quantitative estimate of drug-likeness (QED) is 0.213. The Morgan fingerprint density at radius 2 is 1.36 bits per heavy atom. The Kier molecular flexibility index (Phi) is 10.8. The van der Waals surface area contributed by atoms with E-state index in [4.69, 9.17) is 28.7 Å². The largest absolute Gasteiger partial charge is 0.353 e. The average Bonchev–Trinajstić information content (AvgIpc) is 2.57. The predicted octanol–water partition coefficient (Wildman–Crippen LogP) is 3.80. The summed E-state index contributed by atoms with van der Waals surface area (Å²) in [5.41, 5.74) is 0.315. The van der Waals surface area contributed by atoms with Gasteiger partial charge in [0.05, 0.1) is 6.42 Å². The van der Waals surface area contributed by atoms with Crippen molar-refractivity contribution in [2.75, 3.05) is 28.4 Å². The van der Waals surface area contributed by atoms with Crippen molar-refractivity contribution in [2.45, 2.75) is 78.0 Å². The second-order valence-corrected chi connectivity index (χ2v) is 7.47. The van der Waals surface area contributed by atoms with Gasteiger partial charge in [-0.25, -0.2) is 4.79 Å². The van der Waals surface area contributed by atoms with E-state index in [1.54, 1.807) is 6.92 Å². The van der Waals surface area contributed by atoms with Crippen LogP contribution in [0.15, 0.2) is 0 Å². The molecule has 0 aliphatic rings. The molecule has 0 amide bonds. The number of unbranched alkanes of at least 4 members (excludes halogenated alkanes) is 2. The summed E-state index contributed by atoms with van der Waals surface area (Å²) in [5.74, 6) is -3.10. The minimum atomic E-state index is -1.61. The first kappa shape index (κ1) is 24.3. The second kappa shape index (κ2) is 11.1. The maximum Gasteiger partial charge on any atom is 0.342 e. The van der Waals surface area contributed by atoms with E-state index >= 15 is 0 Å². The highest BCUT2D eigenvalue weighted by Crippen LogP contribution is 2.29. The van der Waals surface area contributed by atoms with Gasteiger partial charge in [-0.2, -0.15) is 0 Å². The summed E-state index contributed by atoms with van der Waals surface area (Å²) >= 11 is 0. The summed E-state index contributed by atoms with van der Waals surface area (Å²) in [6, 6.07) is 0. The van der Waals surface area contributed by atoms with E-state index in [9.17, 15) is 4.79 Å². The van der Waals surface area contributed by atoms with Crippen LogP contribution in [0.1, 0.15) is 66.2 Å². The Morgan fingerprint density at radius 1 is 0.800 bits per heavy atom. The maximum atomic E-state index is 11.9. The SMILES string of the molecule is COC(C)(CC(OC)(OC)OOC(=O)CCCCCC(C)(C)C)OC. The molecule has 0 aromatic rings. The van der Waals surface area contributed by atoms with E-state index in [-0.39, 0.29) is 12.8 Å². The standard InChI is InChI=1S/C18H36O7/c1-16(2,3)13-11-9-10-12-15(19)24-25-18(22-7,23-8)14-17(4,20-5)21-6/h9-14H2,1-8H3.